The number of benzene rings is 1. The summed E-state index contributed by atoms with van der Waals surface area (Å²) in [4.78, 5) is 4.15. The van der Waals surface area contributed by atoms with E-state index in [1.54, 1.807) is 24.6 Å². The second-order valence-corrected chi connectivity index (χ2v) is 8.43. The summed E-state index contributed by atoms with van der Waals surface area (Å²) >= 11 is 0. The van der Waals surface area contributed by atoms with Gasteiger partial charge in [-0.1, -0.05) is 12.1 Å². The third kappa shape index (κ3) is 3.51. The fourth-order valence-electron chi connectivity index (χ4n) is 3.30. The quantitative estimate of drug-likeness (QED) is 0.704. The molecular formula is C19H20N2O4S. The highest BCUT2D eigenvalue weighted by molar-refractivity contribution is 7.89. The minimum atomic E-state index is -3.56. The van der Waals surface area contributed by atoms with Crippen molar-refractivity contribution in [3.8, 4) is 0 Å². The Labute approximate surface area is 152 Å². The molecule has 136 valence electrons. The molecule has 2 aromatic heterocycles. The van der Waals surface area contributed by atoms with E-state index in [1.165, 1.54) is 10.5 Å². The highest BCUT2D eigenvalue weighted by Gasteiger charge is 2.29. The number of hydrogen-bond donors (Lipinski definition) is 0. The van der Waals surface area contributed by atoms with Crippen LogP contribution in [0.2, 0.25) is 0 Å². The molecule has 0 amide bonds. The number of rotatable bonds is 4. The molecule has 0 spiro atoms. The maximum absolute atomic E-state index is 12.9. The number of furan rings is 1. The lowest BCUT2D eigenvalue weighted by atomic mass is 9.99. The molecule has 0 N–H and O–H groups in total. The van der Waals surface area contributed by atoms with Crippen LogP contribution in [0.5, 0.6) is 0 Å². The van der Waals surface area contributed by atoms with Gasteiger partial charge < -0.3 is 9.15 Å². The Bertz CT molecular complexity index is 985. The minimum absolute atomic E-state index is 0.0800. The molecule has 1 aliphatic rings. The molecule has 6 nitrogen and oxygen atoms in total. The van der Waals surface area contributed by atoms with Gasteiger partial charge in [-0.2, -0.15) is 4.31 Å². The van der Waals surface area contributed by atoms with E-state index in [0.29, 0.717) is 26.3 Å². The molecule has 1 atom stereocenters. The van der Waals surface area contributed by atoms with Gasteiger partial charge in [-0.15, -0.1) is 0 Å². The first-order chi connectivity index (χ1) is 12.6. The lowest BCUT2D eigenvalue weighted by Crippen LogP contribution is -2.36. The van der Waals surface area contributed by atoms with Crippen LogP contribution in [0.4, 0.5) is 0 Å². The van der Waals surface area contributed by atoms with Gasteiger partial charge >= 0.3 is 0 Å². The Balaban J connectivity index is 1.54. The third-order valence-corrected chi connectivity index (χ3v) is 6.47. The predicted octanol–water partition coefficient (Wildman–Crippen LogP) is 2.71. The molecule has 1 aliphatic heterocycles. The molecule has 7 heteroatoms. The summed E-state index contributed by atoms with van der Waals surface area (Å²) < 4.78 is 38.4. The first-order valence-corrected chi connectivity index (χ1v) is 10.0. The Hall–Kier alpha value is -2.22. The Morgan fingerprint density at radius 1 is 1.23 bits per heavy atom. The molecule has 0 radical (unpaired) electrons. The number of pyridine rings is 1. The normalized spacial score (nSPS) is 19.5. The number of nitrogens with zero attached hydrogens (tertiary/aromatic N) is 2. The number of hydrogen-bond acceptors (Lipinski definition) is 5. The maximum Gasteiger partial charge on any atom is 0.244 e. The van der Waals surface area contributed by atoms with E-state index in [-0.39, 0.29) is 10.8 Å². The largest absolute Gasteiger partial charge is 0.464 e. The number of aromatic nitrogens is 1. The van der Waals surface area contributed by atoms with Gasteiger partial charge in [0.2, 0.25) is 10.0 Å². The molecule has 1 saturated heterocycles. The average Bonchev–Trinajstić information content (AvgIpc) is 2.99. The molecule has 1 unspecified atom stereocenters. The van der Waals surface area contributed by atoms with Crippen molar-refractivity contribution in [2.45, 2.75) is 11.3 Å². The van der Waals surface area contributed by atoms with Gasteiger partial charge in [-0.05, 0) is 36.2 Å². The van der Waals surface area contributed by atoms with Gasteiger partial charge in [0.1, 0.15) is 10.5 Å². The highest BCUT2D eigenvalue weighted by atomic mass is 32.2. The van der Waals surface area contributed by atoms with Gasteiger partial charge in [-0.25, -0.2) is 8.42 Å². The second kappa shape index (κ2) is 7.19. The fourth-order valence-corrected chi connectivity index (χ4v) is 4.76. The predicted molar refractivity (Wildman–Crippen MR) is 97.2 cm³/mol. The lowest BCUT2D eigenvalue weighted by Gasteiger charge is -2.23. The van der Waals surface area contributed by atoms with Gasteiger partial charge in [0.25, 0.3) is 0 Å². The van der Waals surface area contributed by atoms with Crippen LogP contribution >= 0.6 is 0 Å². The van der Waals surface area contributed by atoms with Crippen LogP contribution in [0, 0.1) is 5.92 Å². The molecule has 0 aliphatic carbocycles. The topological polar surface area (TPSA) is 72.6 Å². The molecule has 4 rings (SSSR count). The van der Waals surface area contributed by atoms with Crippen LogP contribution in [0.3, 0.4) is 0 Å². The molecular weight excluding hydrogens is 352 g/mol. The van der Waals surface area contributed by atoms with Crippen molar-refractivity contribution in [3.05, 3.63) is 60.6 Å². The highest BCUT2D eigenvalue weighted by Crippen LogP contribution is 2.23. The summed E-state index contributed by atoms with van der Waals surface area (Å²) in [7, 11) is -3.56. The molecule has 3 heterocycles. The smallest absolute Gasteiger partial charge is 0.244 e. The summed E-state index contributed by atoms with van der Waals surface area (Å²) in [5.74, 6) is 0.0800. The van der Waals surface area contributed by atoms with Gasteiger partial charge in [-0.3, -0.25) is 4.98 Å². The van der Waals surface area contributed by atoms with Crippen molar-refractivity contribution in [1.82, 2.24) is 9.29 Å². The van der Waals surface area contributed by atoms with Gasteiger partial charge in [0.05, 0.1) is 19.5 Å². The van der Waals surface area contributed by atoms with E-state index in [2.05, 4.69) is 11.1 Å². The second-order valence-electron chi connectivity index (χ2n) is 6.49. The van der Waals surface area contributed by atoms with Crippen molar-refractivity contribution >= 4 is 21.0 Å². The minimum Gasteiger partial charge on any atom is -0.464 e. The monoisotopic (exact) mass is 372 g/mol. The maximum atomic E-state index is 12.9. The molecule has 3 aromatic rings. The van der Waals surface area contributed by atoms with Crippen molar-refractivity contribution in [2.75, 3.05) is 26.3 Å². The Kier molecular flexibility index (Phi) is 4.76. The van der Waals surface area contributed by atoms with E-state index in [0.717, 1.165) is 23.0 Å². The van der Waals surface area contributed by atoms with Crippen LogP contribution in [0.15, 0.2) is 64.4 Å². The Morgan fingerprint density at radius 3 is 3.00 bits per heavy atom. The van der Waals surface area contributed by atoms with Gasteiger partial charge in [0.15, 0.2) is 0 Å². The first kappa shape index (κ1) is 17.2. The van der Waals surface area contributed by atoms with Gasteiger partial charge in [0, 0.05) is 36.8 Å². The molecule has 0 bridgehead atoms. The third-order valence-electron chi connectivity index (χ3n) is 4.62. The summed E-state index contributed by atoms with van der Waals surface area (Å²) in [5, 5.41) is 1.06. The van der Waals surface area contributed by atoms with Crippen LogP contribution in [0.1, 0.15) is 5.56 Å². The van der Waals surface area contributed by atoms with E-state index in [4.69, 9.17) is 9.15 Å². The zero-order chi connectivity index (χ0) is 18.0. The SMILES string of the molecule is O=S(=O)(c1cccnc1)N1CCOCC(Cc2ccc3ccoc3c2)C1. The lowest BCUT2D eigenvalue weighted by molar-refractivity contribution is 0.123. The summed E-state index contributed by atoms with van der Waals surface area (Å²) in [6, 6.07) is 11.2. The van der Waals surface area contributed by atoms with Crippen molar-refractivity contribution in [1.29, 1.82) is 0 Å². The van der Waals surface area contributed by atoms with Crippen molar-refractivity contribution < 1.29 is 17.6 Å². The Morgan fingerprint density at radius 2 is 2.15 bits per heavy atom. The number of sulfonamides is 1. The summed E-state index contributed by atoms with van der Waals surface area (Å²) in [6.45, 7) is 1.71. The molecule has 0 saturated carbocycles. The zero-order valence-electron chi connectivity index (χ0n) is 14.2. The van der Waals surface area contributed by atoms with Crippen LogP contribution in [-0.4, -0.2) is 44.0 Å². The number of fused-ring (bicyclic) bond motifs is 1. The number of ether oxygens (including phenoxy) is 1. The molecule has 26 heavy (non-hydrogen) atoms. The van der Waals surface area contributed by atoms with E-state index >= 15 is 0 Å². The van der Waals surface area contributed by atoms with Crippen molar-refractivity contribution in [2.24, 2.45) is 5.92 Å². The molecule has 1 fully saturated rings. The standard InChI is InChI=1S/C19H20N2O4S/c22-26(23,18-2-1-6-20-12-18)21-7-9-24-14-16(13-21)10-15-3-4-17-5-8-25-19(17)11-15/h1-6,8,11-12,16H,7,9-10,13-14H2. The summed E-state index contributed by atoms with van der Waals surface area (Å²) in [5.41, 5.74) is 1.96. The van der Waals surface area contributed by atoms with Crippen LogP contribution < -0.4 is 0 Å². The van der Waals surface area contributed by atoms with E-state index < -0.39 is 10.0 Å². The summed E-state index contributed by atoms with van der Waals surface area (Å²) in [6.07, 6.45) is 5.36. The fraction of sp³-hybridized carbons (Fsp3) is 0.316. The van der Waals surface area contributed by atoms with Crippen LogP contribution in [0.25, 0.3) is 11.0 Å². The molecule has 1 aromatic carbocycles. The zero-order valence-corrected chi connectivity index (χ0v) is 15.1. The van der Waals surface area contributed by atoms with E-state index in [9.17, 15) is 8.42 Å². The first-order valence-electron chi connectivity index (χ1n) is 8.57. The van der Waals surface area contributed by atoms with E-state index in [1.807, 2.05) is 18.2 Å². The average molecular weight is 372 g/mol. The van der Waals surface area contributed by atoms with Crippen molar-refractivity contribution in [3.63, 3.8) is 0 Å². The van der Waals surface area contributed by atoms with Crippen LogP contribution in [-0.2, 0) is 21.2 Å².